The lowest BCUT2D eigenvalue weighted by Gasteiger charge is -2.00. The Morgan fingerprint density at radius 2 is 2.00 bits per heavy atom. The summed E-state index contributed by atoms with van der Waals surface area (Å²) in [6.07, 6.45) is 0. The molecule has 0 radical (unpaired) electrons. The fourth-order valence-corrected chi connectivity index (χ4v) is 2.90. The van der Waals surface area contributed by atoms with E-state index in [2.05, 4.69) is 4.98 Å². The summed E-state index contributed by atoms with van der Waals surface area (Å²) >= 11 is 12.5. The molecule has 1 aromatic heterocycles. The van der Waals surface area contributed by atoms with Crippen LogP contribution in [0.3, 0.4) is 0 Å². The lowest BCUT2D eigenvalue weighted by molar-refractivity contribution is 0.108. The van der Waals surface area contributed by atoms with Gasteiger partial charge < -0.3 is 4.42 Å². The van der Waals surface area contributed by atoms with Gasteiger partial charge in [-0.2, -0.15) is 0 Å². The van der Waals surface area contributed by atoms with Crippen molar-refractivity contribution < 1.29 is 13.6 Å². The zero-order chi connectivity index (χ0) is 15.0. The molecule has 0 amide bonds. The molecule has 0 aliphatic carbocycles. The number of nitrogens with zero attached hydrogens (tertiary/aromatic N) is 1. The Bertz CT molecular complexity index is 850. The quantitative estimate of drug-likeness (QED) is 0.600. The molecular weight excluding hydrogens is 336 g/mol. The highest BCUT2D eigenvalue weighted by molar-refractivity contribution is 8.14. The predicted molar refractivity (Wildman–Crippen MR) is 80.6 cm³/mol. The summed E-state index contributed by atoms with van der Waals surface area (Å²) in [6, 6.07) is 8.57. The third-order valence-corrected chi connectivity index (χ3v) is 3.96. The molecular formula is C14H6Cl2FNO2S. The average Bonchev–Trinajstić information content (AvgIpc) is 2.79. The van der Waals surface area contributed by atoms with Crippen LogP contribution in [0, 0.1) is 5.82 Å². The largest absolute Gasteiger partial charge is 0.431 e. The average molecular weight is 342 g/mol. The van der Waals surface area contributed by atoms with Crippen molar-refractivity contribution in [3.63, 3.8) is 0 Å². The molecule has 21 heavy (non-hydrogen) atoms. The first kappa shape index (κ1) is 14.4. The predicted octanol–water partition coefficient (Wildman–Crippen LogP) is 5.21. The Kier molecular flexibility index (Phi) is 3.89. The first-order valence-electron chi connectivity index (χ1n) is 5.76. The molecule has 0 fully saturated rings. The Morgan fingerprint density at radius 1 is 1.19 bits per heavy atom. The minimum absolute atomic E-state index is 0.0478. The van der Waals surface area contributed by atoms with Gasteiger partial charge in [-0.3, -0.25) is 4.79 Å². The molecule has 0 bridgehead atoms. The molecule has 0 spiro atoms. The lowest BCUT2D eigenvalue weighted by atomic mass is 10.2. The summed E-state index contributed by atoms with van der Waals surface area (Å²) in [5.74, 6) is -0.502. The monoisotopic (exact) mass is 341 g/mol. The van der Waals surface area contributed by atoms with Crippen LogP contribution in [0.1, 0.15) is 10.4 Å². The number of oxazole rings is 1. The fraction of sp³-hybridized carbons (Fsp3) is 0. The molecule has 0 aliphatic rings. The van der Waals surface area contributed by atoms with Gasteiger partial charge in [0.15, 0.2) is 5.58 Å². The van der Waals surface area contributed by atoms with E-state index in [9.17, 15) is 9.18 Å². The molecule has 0 N–H and O–H groups in total. The van der Waals surface area contributed by atoms with Crippen LogP contribution in [0.5, 0.6) is 0 Å². The zero-order valence-corrected chi connectivity index (χ0v) is 12.6. The van der Waals surface area contributed by atoms with Crippen molar-refractivity contribution in [2.75, 3.05) is 0 Å². The van der Waals surface area contributed by atoms with Crippen LogP contribution in [-0.4, -0.2) is 10.1 Å². The molecule has 1 heterocycles. The summed E-state index contributed by atoms with van der Waals surface area (Å²) in [5.41, 5.74) is 1.28. The molecule has 7 heteroatoms. The van der Waals surface area contributed by atoms with Gasteiger partial charge in [0.25, 0.3) is 5.22 Å². The van der Waals surface area contributed by atoms with Crippen LogP contribution in [0.15, 0.2) is 46.0 Å². The number of benzene rings is 2. The van der Waals surface area contributed by atoms with E-state index in [1.165, 1.54) is 12.1 Å². The van der Waals surface area contributed by atoms with E-state index in [0.29, 0.717) is 16.1 Å². The maximum Gasteiger partial charge on any atom is 0.264 e. The number of carbonyl (C=O) groups excluding carboxylic acids is 1. The standard InChI is InChI=1S/C14H6Cl2FNO2S/c15-7-1-4-11-12(5-7)20-14(18-11)21-13(19)9-3-2-8(17)6-10(9)16/h1-6H. The fourth-order valence-electron chi connectivity index (χ4n) is 1.71. The molecule has 3 aromatic rings. The second-order valence-electron chi connectivity index (χ2n) is 4.11. The topological polar surface area (TPSA) is 43.1 Å². The van der Waals surface area contributed by atoms with Crippen molar-refractivity contribution in [2.24, 2.45) is 0 Å². The number of hydrogen-bond acceptors (Lipinski definition) is 4. The minimum atomic E-state index is -0.502. The number of hydrogen-bond donors (Lipinski definition) is 0. The maximum absolute atomic E-state index is 13.0. The van der Waals surface area contributed by atoms with Crippen molar-refractivity contribution in [3.05, 3.63) is 57.8 Å². The van der Waals surface area contributed by atoms with Crippen LogP contribution in [0.4, 0.5) is 4.39 Å². The van der Waals surface area contributed by atoms with E-state index in [-0.39, 0.29) is 20.9 Å². The van der Waals surface area contributed by atoms with E-state index in [1.807, 2.05) is 0 Å². The number of fused-ring (bicyclic) bond motifs is 1. The number of rotatable bonds is 2. The molecule has 106 valence electrons. The summed E-state index contributed by atoms with van der Waals surface area (Å²) in [4.78, 5) is 16.3. The molecule has 3 nitrogen and oxygen atoms in total. The number of halogens is 3. The maximum atomic E-state index is 13.0. The van der Waals surface area contributed by atoms with Crippen molar-refractivity contribution in [2.45, 2.75) is 5.22 Å². The molecule has 2 aromatic carbocycles. The Balaban J connectivity index is 1.89. The normalized spacial score (nSPS) is 11.0. The van der Waals surface area contributed by atoms with E-state index < -0.39 is 5.82 Å². The first-order valence-corrected chi connectivity index (χ1v) is 7.33. The van der Waals surface area contributed by atoms with E-state index in [4.69, 9.17) is 27.6 Å². The zero-order valence-electron chi connectivity index (χ0n) is 10.3. The van der Waals surface area contributed by atoms with E-state index >= 15 is 0 Å². The molecule has 0 atom stereocenters. The lowest BCUT2D eigenvalue weighted by Crippen LogP contribution is -1.95. The SMILES string of the molecule is O=C(Sc1nc2ccc(Cl)cc2o1)c1ccc(F)cc1Cl. The Labute approximate surface area is 133 Å². The summed E-state index contributed by atoms with van der Waals surface area (Å²) < 4.78 is 18.4. The second-order valence-corrected chi connectivity index (χ2v) is 5.87. The van der Waals surface area contributed by atoms with Crippen LogP contribution in [0.25, 0.3) is 11.1 Å². The molecule has 0 saturated heterocycles. The summed E-state index contributed by atoms with van der Waals surface area (Å²) in [7, 11) is 0. The van der Waals surface area contributed by atoms with Crippen LogP contribution >= 0.6 is 35.0 Å². The molecule has 0 aliphatic heterocycles. The van der Waals surface area contributed by atoms with Gasteiger partial charge in [-0.05, 0) is 30.3 Å². The van der Waals surface area contributed by atoms with Crippen molar-refractivity contribution in [1.29, 1.82) is 0 Å². The third kappa shape index (κ3) is 3.05. The first-order chi connectivity index (χ1) is 10.0. The number of aromatic nitrogens is 1. The van der Waals surface area contributed by atoms with Crippen molar-refractivity contribution in [1.82, 2.24) is 4.98 Å². The van der Waals surface area contributed by atoms with Crippen molar-refractivity contribution in [3.8, 4) is 0 Å². The second kappa shape index (κ2) is 5.67. The van der Waals surface area contributed by atoms with E-state index in [0.717, 1.165) is 17.8 Å². The van der Waals surface area contributed by atoms with Gasteiger partial charge in [-0.25, -0.2) is 9.37 Å². The molecule has 3 rings (SSSR count). The van der Waals surface area contributed by atoms with Crippen molar-refractivity contribution >= 4 is 51.2 Å². The molecule has 0 saturated carbocycles. The van der Waals surface area contributed by atoms with Crippen LogP contribution in [0.2, 0.25) is 10.0 Å². The summed E-state index contributed by atoms with van der Waals surface area (Å²) in [6.45, 7) is 0. The van der Waals surface area contributed by atoms with Gasteiger partial charge in [0.1, 0.15) is 11.3 Å². The van der Waals surface area contributed by atoms with Gasteiger partial charge in [0.2, 0.25) is 5.12 Å². The highest BCUT2D eigenvalue weighted by Gasteiger charge is 2.16. The molecule has 0 unspecified atom stereocenters. The van der Waals surface area contributed by atoms with Gasteiger partial charge >= 0.3 is 0 Å². The van der Waals surface area contributed by atoms with E-state index in [1.54, 1.807) is 18.2 Å². The van der Waals surface area contributed by atoms with Gasteiger partial charge in [0, 0.05) is 28.4 Å². The smallest absolute Gasteiger partial charge is 0.264 e. The van der Waals surface area contributed by atoms with Gasteiger partial charge in [0.05, 0.1) is 5.02 Å². The Morgan fingerprint density at radius 3 is 2.76 bits per heavy atom. The Hall–Kier alpha value is -1.56. The number of thioether (sulfide) groups is 1. The summed E-state index contributed by atoms with van der Waals surface area (Å²) in [5, 5.41) is 0.366. The highest BCUT2D eigenvalue weighted by atomic mass is 35.5. The highest BCUT2D eigenvalue weighted by Crippen LogP contribution is 2.30. The minimum Gasteiger partial charge on any atom is -0.431 e. The van der Waals surface area contributed by atoms with Gasteiger partial charge in [-0.1, -0.05) is 23.2 Å². The van der Waals surface area contributed by atoms with Crippen LogP contribution in [-0.2, 0) is 0 Å². The number of carbonyl (C=O) groups is 1. The van der Waals surface area contributed by atoms with Crippen LogP contribution < -0.4 is 0 Å². The van der Waals surface area contributed by atoms with Gasteiger partial charge in [-0.15, -0.1) is 0 Å². The third-order valence-electron chi connectivity index (χ3n) is 2.66.